The maximum absolute atomic E-state index is 12.5. The quantitative estimate of drug-likeness (QED) is 0.836. The van der Waals surface area contributed by atoms with Crippen LogP contribution in [0.2, 0.25) is 0 Å². The second-order valence-electron chi connectivity index (χ2n) is 4.99. The van der Waals surface area contributed by atoms with Gasteiger partial charge in [0.2, 0.25) is 0 Å². The fourth-order valence-corrected chi connectivity index (χ4v) is 3.05. The molecule has 2 heterocycles. The number of amides is 1. The van der Waals surface area contributed by atoms with Gasteiger partial charge in [-0.1, -0.05) is 0 Å². The first-order valence-corrected chi connectivity index (χ1v) is 7.54. The normalized spacial score (nSPS) is 15.6. The Labute approximate surface area is 125 Å². The van der Waals surface area contributed by atoms with Gasteiger partial charge >= 0.3 is 0 Å². The molecule has 1 aromatic heterocycles. The van der Waals surface area contributed by atoms with E-state index in [1.54, 1.807) is 19.2 Å². The van der Waals surface area contributed by atoms with Crippen LogP contribution in [0.25, 0.3) is 11.0 Å². The summed E-state index contributed by atoms with van der Waals surface area (Å²) in [6, 6.07) is 5.43. The van der Waals surface area contributed by atoms with Crippen LogP contribution in [0, 0.1) is 0 Å². The number of halogens is 1. The molecule has 0 radical (unpaired) electrons. The number of nitrogens with zero attached hydrogens (tertiary/aromatic N) is 1. The number of hydrogen-bond donors (Lipinski definition) is 0. The highest BCUT2D eigenvalue weighted by molar-refractivity contribution is 9.10. The molecule has 20 heavy (non-hydrogen) atoms. The van der Waals surface area contributed by atoms with Crippen molar-refractivity contribution in [2.24, 2.45) is 0 Å². The van der Waals surface area contributed by atoms with Gasteiger partial charge in [-0.25, -0.2) is 0 Å². The molecule has 1 amide bonds. The van der Waals surface area contributed by atoms with Gasteiger partial charge in [0.1, 0.15) is 11.3 Å². The van der Waals surface area contributed by atoms with Crippen molar-refractivity contribution in [2.75, 3.05) is 20.2 Å². The van der Waals surface area contributed by atoms with E-state index in [4.69, 9.17) is 9.15 Å². The molecule has 0 bridgehead atoms. The molecule has 0 N–H and O–H groups in total. The van der Waals surface area contributed by atoms with Crippen LogP contribution in [0.1, 0.15) is 29.6 Å². The average molecular weight is 338 g/mol. The van der Waals surface area contributed by atoms with Crippen molar-refractivity contribution in [3.8, 4) is 5.75 Å². The SMILES string of the molecule is COc1cc(C(=O)N2CCCCC2)cc2oc(Br)cc12. The van der Waals surface area contributed by atoms with E-state index in [1.165, 1.54) is 6.42 Å². The van der Waals surface area contributed by atoms with Crippen molar-refractivity contribution in [1.82, 2.24) is 4.90 Å². The molecule has 1 fully saturated rings. The molecule has 0 unspecified atom stereocenters. The number of likely N-dealkylation sites (tertiary alicyclic amines) is 1. The van der Waals surface area contributed by atoms with Crippen LogP contribution in [0.15, 0.2) is 27.3 Å². The van der Waals surface area contributed by atoms with Crippen molar-refractivity contribution < 1.29 is 13.9 Å². The second-order valence-corrected chi connectivity index (χ2v) is 5.78. The molecule has 1 aromatic carbocycles. The van der Waals surface area contributed by atoms with Crippen molar-refractivity contribution in [2.45, 2.75) is 19.3 Å². The number of furan rings is 1. The smallest absolute Gasteiger partial charge is 0.254 e. The van der Waals surface area contributed by atoms with Gasteiger partial charge in [-0.2, -0.15) is 0 Å². The number of methoxy groups -OCH3 is 1. The molecule has 1 saturated heterocycles. The molecular formula is C15H16BrNO3. The van der Waals surface area contributed by atoms with Crippen molar-refractivity contribution in [3.05, 3.63) is 28.4 Å². The highest BCUT2D eigenvalue weighted by Gasteiger charge is 2.20. The fourth-order valence-electron chi connectivity index (χ4n) is 2.65. The summed E-state index contributed by atoms with van der Waals surface area (Å²) in [5, 5.41) is 0.870. The Kier molecular flexibility index (Phi) is 3.70. The van der Waals surface area contributed by atoms with Gasteiger partial charge in [-0.05, 0) is 47.3 Å². The van der Waals surface area contributed by atoms with Gasteiger partial charge in [0.25, 0.3) is 5.91 Å². The number of piperidine rings is 1. The van der Waals surface area contributed by atoms with Crippen LogP contribution in [0.3, 0.4) is 0 Å². The molecule has 0 atom stereocenters. The monoisotopic (exact) mass is 337 g/mol. The van der Waals surface area contributed by atoms with E-state index in [1.807, 2.05) is 11.0 Å². The topological polar surface area (TPSA) is 42.7 Å². The molecule has 4 nitrogen and oxygen atoms in total. The van der Waals surface area contributed by atoms with Crippen LogP contribution in [-0.2, 0) is 0 Å². The molecule has 0 spiro atoms. The maximum atomic E-state index is 12.5. The Balaban J connectivity index is 2.00. The standard InChI is InChI=1S/C15H16BrNO3/c1-19-12-7-10(8-13-11(12)9-14(16)20-13)15(18)17-5-3-2-4-6-17/h7-9H,2-6H2,1H3. The Morgan fingerprint density at radius 3 is 2.70 bits per heavy atom. The van der Waals surface area contributed by atoms with Gasteiger partial charge in [0, 0.05) is 24.7 Å². The number of rotatable bonds is 2. The van der Waals surface area contributed by atoms with Crippen molar-refractivity contribution in [3.63, 3.8) is 0 Å². The summed E-state index contributed by atoms with van der Waals surface area (Å²) < 4.78 is 11.6. The van der Waals surface area contributed by atoms with E-state index in [-0.39, 0.29) is 5.91 Å². The Hall–Kier alpha value is -1.49. The van der Waals surface area contributed by atoms with Gasteiger partial charge in [0.15, 0.2) is 4.67 Å². The molecule has 106 valence electrons. The van der Waals surface area contributed by atoms with Crippen LogP contribution < -0.4 is 4.74 Å². The van der Waals surface area contributed by atoms with E-state index in [9.17, 15) is 4.79 Å². The summed E-state index contributed by atoms with van der Waals surface area (Å²) in [5.74, 6) is 0.717. The van der Waals surface area contributed by atoms with Gasteiger partial charge in [-0.3, -0.25) is 4.79 Å². The largest absolute Gasteiger partial charge is 0.496 e. The lowest BCUT2D eigenvalue weighted by Gasteiger charge is -2.26. The van der Waals surface area contributed by atoms with Crippen LogP contribution in [0.5, 0.6) is 5.75 Å². The zero-order valence-electron chi connectivity index (χ0n) is 11.3. The van der Waals surface area contributed by atoms with E-state index >= 15 is 0 Å². The summed E-state index contributed by atoms with van der Waals surface area (Å²) in [6.45, 7) is 1.67. The number of fused-ring (bicyclic) bond motifs is 1. The minimum atomic E-state index is 0.0532. The Morgan fingerprint density at radius 2 is 2.00 bits per heavy atom. The lowest BCUT2D eigenvalue weighted by atomic mass is 10.1. The molecule has 1 aliphatic heterocycles. The summed E-state index contributed by atoms with van der Waals surface area (Å²) >= 11 is 3.31. The fraction of sp³-hybridized carbons (Fsp3) is 0.400. The minimum Gasteiger partial charge on any atom is -0.496 e. The van der Waals surface area contributed by atoms with E-state index < -0.39 is 0 Å². The molecule has 1 aliphatic rings. The zero-order valence-corrected chi connectivity index (χ0v) is 12.9. The van der Waals surface area contributed by atoms with Crippen LogP contribution in [0.4, 0.5) is 0 Å². The first-order valence-electron chi connectivity index (χ1n) is 6.75. The second kappa shape index (κ2) is 5.48. The molecule has 5 heteroatoms. The van der Waals surface area contributed by atoms with Crippen molar-refractivity contribution in [1.29, 1.82) is 0 Å². The third-order valence-corrected chi connectivity index (χ3v) is 4.07. The first kappa shape index (κ1) is 13.5. The average Bonchev–Trinajstić information content (AvgIpc) is 2.86. The van der Waals surface area contributed by atoms with E-state index in [0.717, 1.165) is 31.3 Å². The summed E-state index contributed by atoms with van der Waals surface area (Å²) in [6.07, 6.45) is 3.37. The third-order valence-electron chi connectivity index (χ3n) is 3.68. The van der Waals surface area contributed by atoms with Crippen LogP contribution >= 0.6 is 15.9 Å². The molecule has 0 saturated carbocycles. The maximum Gasteiger partial charge on any atom is 0.254 e. The zero-order chi connectivity index (χ0) is 14.1. The minimum absolute atomic E-state index is 0.0532. The lowest BCUT2D eigenvalue weighted by Crippen LogP contribution is -2.35. The number of ether oxygens (including phenoxy) is 1. The molecular weight excluding hydrogens is 322 g/mol. The first-order chi connectivity index (χ1) is 9.69. The highest BCUT2D eigenvalue weighted by Crippen LogP contribution is 2.33. The summed E-state index contributed by atoms with van der Waals surface area (Å²) in [4.78, 5) is 14.4. The molecule has 2 aromatic rings. The predicted octanol–water partition coefficient (Wildman–Crippen LogP) is 3.83. The highest BCUT2D eigenvalue weighted by atomic mass is 79.9. The number of carbonyl (C=O) groups is 1. The molecule has 3 rings (SSSR count). The van der Waals surface area contributed by atoms with E-state index in [2.05, 4.69) is 15.9 Å². The van der Waals surface area contributed by atoms with Gasteiger partial charge < -0.3 is 14.1 Å². The van der Waals surface area contributed by atoms with Gasteiger partial charge in [-0.15, -0.1) is 0 Å². The lowest BCUT2D eigenvalue weighted by molar-refractivity contribution is 0.0724. The Morgan fingerprint density at radius 1 is 1.25 bits per heavy atom. The summed E-state index contributed by atoms with van der Waals surface area (Å²) in [7, 11) is 1.60. The number of carbonyl (C=O) groups excluding carboxylic acids is 1. The molecule has 0 aliphatic carbocycles. The number of benzene rings is 1. The Bertz CT molecular complexity index is 644. The van der Waals surface area contributed by atoms with E-state index in [0.29, 0.717) is 21.6 Å². The van der Waals surface area contributed by atoms with Crippen LogP contribution in [-0.4, -0.2) is 31.0 Å². The number of hydrogen-bond acceptors (Lipinski definition) is 3. The predicted molar refractivity (Wildman–Crippen MR) is 80.2 cm³/mol. The third kappa shape index (κ3) is 2.42. The van der Waals surface area contributed by atoms with Gasteiger partial charge in [0.05, 0.1) is 12.5 Å². The summed E-state index contributed by atoms with van der Waals surface area (Å²) in [5.41, 5.74) is 1.29. The van der Waals surface area contributed by atoms with Crippen molar-refractivity contribution >= 4 is 32.8 Å².